The van der Waals surface area contributed by atoms with Gasteiger partial charge in [-0.1, -0.05) is 18.2 Å². The van der Waals surface area contributed by atoms with E-state index in [4.69, 9.17) is 13.9 Å². The Kier molecular flexibility index (Phi) is 6.33. The van der Waals surface area contributed by atoms with Gasteiger partial charge in [0.1, 0.15) is 18.1 Å². The zero-order valence-electron chi connectivity index (χ0n) is 15.8. The summed E-state index contributed by atoms with van der Waals surface area (Å²) in [6.07, 6.45) is 0. The van der Waals surface area contributed by atoms with Crippen LogP contribution in [0, 0.1) is 6.92 Å². The van der Waals surface area contributed by atoms with Gasteiger partial charge in [-0.2, -0.15) is 8.78 Å². The number of hydrogen-bond acceptors (Lipinski definition) is 5. The number of ether oxygens (including phenoxy) is 3. The summed E-state index contributed by atoms with van der Waals surface area (Å²) < 4.78 is 46.0. The molecule has 3 aromatic rings. The van der Waals surface area contributed by atoms with Gasteiger partial charge in [0.05, 0.1) is 12.8 Å². The van der Waals surface area contributed by atoms with Crippen molar-refractivity contribution in [2.24, 2.45) is 0 Å². The van der Waals surface area contributed by atoms with Crippen LogP contribution in [0.1, 0.15) is 21.9 Å². The van der Waals surface area contributed by atoms with E-state index in [1.807, 2.05) is 6.07 Å². The third kappa shape index (κ3) is 5.25. The minimum atomic E-state index is -3.00. The molecule has 0 radical (unpaired) electrons. The summed E-state index contributed by atoms with van der Waals surface area (Å²) >= 11 is 0. The van der Waals surface area contributed by atoms with Gasteiger partial charge in [0, 0.05) is 0 Å². The van der Waals surface area contributed by atoms with Crippen molar-refractivity contribution in [1.29, 1.82) is 0 Å². The van der Waals surface area contributed by atoms with E-state index in [0.717, 1.165) is 0 Å². The van der Waals surface area contributed by atoms with Gasteiger partial charge in [-0.15, -0.1) is 0 Å². The average Bonchev–Trinajstić information content (AvgIpc) is 3.17. The Labute approximate surface area is 166 Å². The molecule has 1 N–H and O–H groups in total. The minimum Gasteiger partial charge on any atom is -0.493 e. The van der Waals surface area contributed by atoms with Crippen LogP contribution in [0.5, 0.6) is 17.2 Å². The van der Waals surface area contributed by atoms with Gasteiger partial charge < -0.3 is 23.9 Å². The molecule has 0 saturated carbocycles. The number of carbonyl (C=O) groups excluding carboxylic acids is 1. The highest BCUT2D eigenvalue weighted by Gasteiger charge is 2.16. The molecule has 1 heterocycles. The number of amides is 1. The van der Waals surface area contributed by atoms with E-state index in [9.17, 15) is 13.6 Å². The Balaban J connectivity index is 1.67. The molecular weight excluding hydrogens is 384 g/mol. The van der Waals surface area contributed by atoms with E-state index in [2.05, 4.69) is 10.1 Å². The van der Waals surface area contributed by atoms with Crippen molar-refractivity contribution in [3.05, 3.63) is 71.7 Å². The van der Waals surface area contributed by atoms with Gasteiger partial charge >= 0.3 is 6.61 Å². The molecule has 0 aliphatic heterocycles. The van der Waals surface area contributed by atoms with Gasteiger partial charge in [-0.3, -0.25) is 4.79 Å². The molecule has 152 valence electrons. The summed E-state index contributed by atoms with van der Waals surface area (Å²) in [4.78, 5) is 12.4. The molecule has 0 fully saturated rings. The van der Waals surface area contributed by atoms with Crippen LogP contribution in [0.4, 0.5) is 14.5 Å². The predicted molar refractivity (Wildman–Crippen MR) is 102 cm³/mol. The Bertz CT molecular complexity index is 987. The van der Waals surface area contributed by atoms with Gasteiger partial charge in [0.25, 0.3) is 5.91 Å². The van der Waals surface area contributed by atoms with Crippen molar-refractivity contribution in [3.8, 4) is 17.2 Å². The minimum absolute atomic E-state index is 0.00667. The second-order valence-electron chi connectivity index (χ2n) is 6.04. The van der Waals surface area contributed by atoms with E-state index >= 15 is 0 Å². The average molecular weight is 403 g/mol. The van der Waals surface area contributed by atoms with Crippen LogP contribution in [0.25, 0.3) is 0 Å². The SMILES string of the molecule is COc1ccccc1OCc1ccc(C(=O)Nc2ccc(C)cc2OC(F)F)o1. The molecule has 6 nitrogen and oxygen atoms in total. The van der Waals surface area contributed by atoms with Gasteiger partial charge in [-0.25, -0.2) is 0 Å². The molecule has 0 saturated heterocycles. The maximum atomic E-state index is 12.6. The second kappa shape index (κ2) is 9.09. The second-order valence-corrected chi connectivity index (χ2v) is 6.04. The first kappa shape index (κ1) is 20.2. The first-order valence-corrected chi connectivity index (χ1v) is 8.67. The highest BCUT2D eigenvalue weighted by Crippen LogP contribution is 2.29. The van der Waals surface area contributed by atoms with Crippen molar-refractivity contribution >= 4 is 11.6 Å². The van der Waals surface area contributed by atoms with Crippen LogP contribution in [0.3, 0.4) is 0 Å². The molecule has 8 heteroatoms. The topological polar surface area (TPSA) is 69.9 Å². The normalized spacial score (nSPS) is 10.7. The number of benzene rings is 2. The molecular formula is C21H19F2NO5. The van der Waals surface area contributed by atoms with Crippen molar-refractivity contribution in [1.82, 2.24) is 0 Å². The van der Waals surface area contributed by atoms with E-state index in [1.54, 1.807) is 37.3 Å². The first-order chi connectivity index (χ1) is 14.0. The first-order valence-electron chi connectivity index (χ1n) is 8.67. The fourth-order valence-electron chi connectivity index (χ4n) is 2.57. The number of nitrogens with one attached hydrogen (secondary N) is 1. The highest BCUT2D eigenvalue weighted by molar-refractivity contribution is 6.03. The molecule has 0 atom stereocenters. The maximum Gasteiger partial charge on any atom is 0.387 e. The lowest BCUT2D eigenvalue weighted by atomic mass is 10.2. The van der Waals surface area contributed by atoms with Crippen LogP contribution in [0.15, 0.2) is 59.0 Å². The van der Waals surface area contributed by atoms with E-state index < -0.39 is 12.5 Å². The van der Waals surface area contributed by atoms with Crippen molar-refractivity contribution in [2.75, 3.05) is 12.4 Å². The van der Waals surface area contributed by atoms with Crippen molar-refractivity contribution in [2.45, 2.75) is 20.1 Å². The summed E-state index contributed by atoms with van der Waals surface area (Å²) in [5.74, 6) is 0.797. The number of carbonyl (C=O) groups is 1. The Morgan fingerprint density at radius 1 is 1.07 bits per heavy atom. The molecule has 0 unspecified atom stereocenters. The van der Waals surface area contributed by atoms with Crippen LogP contribution in [0.2, 0.25) is 0 Å². The number of para-hydroxylation sites is 2. The largest absolute Gasteiger partial charge is 0.493 e. The summed E-state index contributed by atoms with van der Waals surface area (Å²) in [6.45, 7) is -1.20. The highest BCUT2D eigenvalue weighted by atomic mass is 19.3. The third-order valence-electron chi connectivity index (χ3n) is 3.93. The zero-order valence-corrected chi connectivity index (χ0v) is 15.8. The summed E-state index contributed by atoms with van der Waals surface area (Å²) in [7, 11) is 1.54. The zero-order chi connectivity index (χ0) is 20.8. The maximum absolute atomic E-state index is 12.6. The summed E-state index contributed by atoms with van der Waals surface area (Å²) in [5, 5.41) is 2.51. The lowest BCUT2D eigenvalue weighted by Gasteiger charge is -2.12. The molecule has 1 aromatic heterocycles. The van der Waals surface area contributed by atoms with Crippen LogP contribution >= 0.6 is 0 Å². The third-order valence-corrected chi connectivity index (χ3v) is 3.93. The molecule has 29 heavy (non-hydrogen) atoms. The predicted octanol–water partition coefficient (Wildman–Crippen LogP) is 5.03. The molecule has 2 aromatic carbocycles. The number of aryl methyl sites for hydroxylation is 1. The number of anilines is 1. The number of hydrogen-bond donors (Lipinski definition) is 1. The van der Waals surface area contributed by atoms with E-state index in [-0.39, 0.29) is 23.8 Å². The quantitative estimate of drug-likeness (QED) is 0.571. The lowest BCUT2D eigenvalue weighted by molar-refractivity contribution is -0.0494. The van der Waals surface area contributed by atoms with Crippen LogP contribution < -0.4 is 19.5 Å². The van der Waals surface area contributed by atoms with Crippen molar-refractivity contribution in [3.63, 3.8) is 0 Å². The molecule has 0 aliphatic rings. The summed E-state index contributed by atoms with van der Waals surface area (Å²) in [5.41, 5.74) is 0.830. The van der Waals surface area contributed by atoms with Crippen LogP contribution in [-0.4, -0.2) is 19.6 Å². The van der Waals surface area contributed by atoms with E-state index in [1.165, 1.54) is 25.3 Å². The van der Waals surface area contributed by atoms with Gasteiger partial charge in [0.2, 0.25) is 0 Å². The van der Waals surface area contributed by atoms with Gasteiger partial charge in [0.15, 0.2) is 17.3 Å². The fourth-order valence-corrected chi connectivity index (χ4v) is 2.57. The van der Waals surface area contributed by atoms with Crippen molar-refractivity contribution < 1.29 is 32.2 Å². The monoisotopic (exact) mass is 403 g/mol. The standard InChI is InChI=1S/C21H19F2NO5/c1-13-7-9-15(19(11-13)29-21(22)23)24-20(25)18-10-8-14(28-18)12-27-17-6-4-3-5-16(17)26-2/h3-11,21H,12H2,1-2H3,(H,24,25). The molecule has 1 amide bonds. The number of rotatable bonds is 8. The number of furan rings is 1. The number of methoxy groups -OCH3 is 1. The van der Waals surface area contributed by atoms with Gasteiger partial charge in [-0.05, 0) is 48.9 Å². The van der Waals surface area contributed by atoms with Crippen LogP contribution in [-0.2, 0) is 6.61 Å². The molecule has 0 spiro atoms. The number of alkyl halides is 2. The Morgan fingerprint density at radius 3 is 2.55 bits per heavy atom. The molecule has 0 aliphatic carbocycles. The Hall–Kier alpha value is -3.55. The number of halogens is 2. The smallest absolute Gasteiger partial charge is 0.387 e. The fraction of sp³-hybridized carbons (Fsp3) is 0.190. The lowest BCUT2D eigenvalue weighted by Crippen LogP contribution is -2.13. The molecule has 3 rings (SSSR count). The molecule has 0 bridgehead atoms. The van der Waals surface area contributed by atoms with E-state index in [0.29, 0.717) is 22.8 Å². The Morgan fingerprint density at radius 2 is 1.83 bits per heavy atom. The summed E-state index contributed by atoms with van der Waals surface area (Å²) in [6, 6.07) is 14.8.